The van der Waals surface area contributed by atoms with Gasteiger partial charge in [-0.25, -0.2) is 0 Å². The lowest BCUT2D eigenvalue weighted by atomic mass is 9.98. The molecule has 0 aliphatic carbocycles. The van der Waals surface area contributed by atoms with E-state index in [0.29, 0.717) is 10.6 Å². The third-order valence-corrected chi connectivity index (χ3v) is 4.63. The lowest BCUT2D eigenvalue weighted by molar-refractivity contribution is 0.102. The van der Waals surface area contributed by atoms with Crippen LogP contribution < -0.4 is 10.2 Å². The number of carbonyl (C=O) groups excluding carboxylic acids is 1. The molecule has 120 valence electrons. The van der Waals surface area contributed by atoms with Crippen molar-refractivity contribution in [2.75, 3.05) is 23.3 Å². The molecule has 1 aliphatic heterocycles. The molecule has 0 unspecified atom stereocenters. The number of anilines is 2. The summed E-state index contributed by atoms with van der Waals surface area (Å²) in [5.41, 5.74) is 2.57. The molecule has 2 aromatic rings. The first-order valence-corrected chi connectivity index (χ1v) is 8.42. The maximum atomic E-state index is 12.4. The number of hydrogen-bond acceptors (Lipinski definition) is 2. The Kier molecular flexibility index (Phi) is 4.87. The van der Waals surface area contributed by atoms with Gasteiger partial charge in [0.2, 0.25) is 0 Å². The number of carbonyl (C=O) groups is 1. The maximum Gasteiger partial charge on any atom is 0.255 e. The van der Waals surface area contributed by atoms with Gasteiger partial charge in [0.1, 0.15) is 0 Å². The first-order chi connectivity index (χ1) is 11.1. The zero-order valence-corrected chi connectivity index (χ0v) is 14.0. The van der Waals surface area contributed by atoms with Gasteiger partial charge < -0.3 is 10.2 Å². The minimum Gasteiger partial charge on any atom is -0.370 e. The Balaban J connectivity index is 1.77. The fourth-order valence-corrected chi connectivity index (χ4v) is 3.03. The van der Waals surface area contributed by atoms with E-state index in [0.717, 1.165) is 30.4 Å². The topological polar surface area (TPSA) is 32.3 Å². The van der Waals surface area contributed by atoms with Crippen molar-refractivity contribution in [3.8, 4) is 0 Å². The van der Waals surface area contributed by atoms with Crippen molar-refractivity contribution in [3.63, 3.8) is 0 Å². The second-order valence-corrected chi connectivity index (χ2v) is 6.58. The van der Waals surface area contributed by atoms with Crippen molar-refractivity contribution in [3.05, 3.63) is 59.1 Å². The van der Waals surface area contributed by atoms with Gasteiger partial charge in [-0.1, -0.05) is 30.7 Å². The average Bonchev–Trinajstić information content (AvgIpc) is 2.57. The number of para-hydroxylation sites is 2. The molecule has 0 atom stereocenters. The van der Waals surface area contributed by atoms with Crippen LogP contribution in [0.1, 0.15) is 30.1 Å². The highest BCUT2D eigenvalue weighted by atomic mass is 35.5. The summed E-state index contributed by atoms with van der Waals surface area (Å²) in [6, 6.07) is 14.9. The van der Waals surface area contributed by atoms with Crippen LogP contribution in [0.3, 0.4) is 0 Å². The summed E-state index contributed by atoms with van der Waals surface area (Å²) in [5.74, 6) is 0.668. The van der Waals surface area contributed by atoms with E-state index in [2.05, 4.69) is 23.2 Å². The van der Waals surface area contributed by atoms with E-state index in [1.165, 1.54) is 12.8 Å². The van der Waals surface area contributed by atoms with E-state index in [4.69, 9.17) is 11.6 Å². The van der Waals surface area contributed by atoms with Crippen LogP contribution in [0.5, 0.6) is 0 Å². The molecule has 1 fully saturated rings. The van der Waals surface area contributed by atoms with Crippen molar-refractivity contribution in [1.82, 2.24) is 0 Å². The monoisotopic (exact) mass is 328 g/mol. The summed E-state index contributed by atoms with van der Waals surface area (Å²) in [6.07, 6.45) is 2.39. The molecule has 23 heavy (non-hydrogen) atoms. The van der Waals surface area contributed by atoms with E-state index in [1.807, 2.05) is 18.2 Å². The third-order valence-electron chi connectivity index (χ3n) is 4.38. The Morgan fingerprint density at radius 1 is 1.09 bits per heavy atom. The first kappa shape index (κ1) is 15.9. The van der Waals surface area contributed by atoms with Gasteiger partial charge in [-0.3, -0.25) is 4.79 Å². The molecule has 4 heteroatoms. The summed E-state index contributed by atoms with van der Waals surface area (Å²) < 4.78 is 0. The van der Waals surface area contributed by atoms with E-state index < -0.39 is 0 Å². The predicted octanol–water partition coefficient (Wildman–Crippen LogP) is 4.83. The zero-order chi connectivity index (χ0) is 16.2. The van der Waals surface area contributed by atoms with Crippen LogP contribution in [0.4, 0.5) is 11.4 Å². The molecular formula is C19H21ClN2O. The quantitative estimate of drug-likeness (QED) is 0.875. The van der Waals surface area contributed by atoms with Gasteiger partial charge in [0.25, 0.3) is 5.91 Å². The third kappa shape index (κ3) is 3.85. The van der Waals surface area contributed by atoms with E-state index in [-0.39, 0.29) is 5.91 Å². The molecule has 0 radical (unpaired) electrons. The summed E-state index contributed by atoms with van der Waals surface area (Å²) >= 11 is 5.88. The van der Waals surface area contributed by atoms with Crippen molar-refractivity contribution >= 4 is 28.9 Å². The Labute approximate surface area is 142 Å². The highest BCUT2D eigenvalue weighted by Gasteiger charge is 2.19. The number of halogens is 1. The molecule has 1 amide bonds. The van der Waals surface area contributed by atoms with E-state index >= 15 is 0 Å². The number of benzene rings is 2. The summed E-state index contributed by atoms with van der Waals surface area (Å²) in [6.45, 7) is 4.37. The SMILES string of the molecule is CC1CCN(c2ccccc2NC(=O)c2ccc(Cl)cc2)CC1. The lowest BCUT2D eigenvalue weighted by Gasteiger charge is -2.33. The van der Waals surface area contributed by atoms with Crippen molar-refractivity contribution < 1.29 is 4.79 Å². The second kappa shape index (κ2) is 7.05. The predicted molar refractivity (Wildman–Crippen MR) is 96.5 cm³/mol. The van der Waals surface area contributed by atoms with Gasteiger partial charge in [0, 0.05) is 23.7 Å². The fourth-order valence-electron chi connectivity index (χ4n) is 2.90. The number of rotatable bonds is 3. The van der Waals surface area contributed by atoms with E-state index in [1.54, 1.807) is 24.3 Å². The fraction of sp³-hybridized carbons (Fsp3) is 0.316. The number of nitrogens with one attached hydrogen (secondary N) is 1. The van der Waals surface area contributed by atoms with E-state index in [9.17, 15) is 4.79 Å². The van der Waals surface area contributed by atoms with Crippen LogP contribution in [0, 0.1) is 5.92 Å². The summed E-state index contributed by atoms with van der Waals surface area (Å²) in [5, 5.41) is 3.66. The molecule has 3 rings (SSSR count). The minimum absolute atomic E-state index is 0.112. The van der Waals surface area contributed by atoms with Crippen molar-refractivity contribution in [2.24, 2.45) is 5.92 Å². The smallest absolute Gasteiger partial charge is 0.255 e. The van der Waals surface area contributed by atoms with Crippen LogP contribution in [-0.2, 0) is 0 Å². The van der Waals surface area contributed by atoms with Crippen molar-refractivity contribution in [2.45, 2.75) is 19.8 Å². The Morgan fingerprint density at radius 3 is 2.43 bits per heavy atom. The maximum absolute atomic E-state index is 12.4. The second-order valence-electron chi connectivity index (χ2n) is 6.15. The molecule has 0 aromatic heterocycles. The highest BCUT2D eigenvalue weighted by Crippen LogP contribution is 2.30. The first-order valence-electron chi connectivity index (χ1n) is 8.04. The molecule has 2 aromatic carbocycles. The standard InChI is InChI=1S/C19H21ClN2O/c1-14-10-12-22(13-11-14)18-5-3-2-4-17(18)21-19(23)15-6-8-16(20)9-7-15/h2-9,14H,10-13H2,1H3,(H,21,23). The number of piperidine rings is 1. The van der Waals surface area contributed by atoms with Crippen LogP contribution in [0.25, 0.3) is 0 Å². The molecule has 1 aliphatic rings. The molecule has 1 heterocycles. The summed E-state index contributed by atoms with van der Waals surface area (Å²) in [7, 11) is 0. The van der Waals surface area contributed by atoms with Gasteiger partial charge in [-0.05, 0) is 55.2 Å². The molecule has 3 nitrogen and oxygen atoms in total. The molecule has 1 saturated heterocycles. The van der Waals surface area contributed by atoms with Gasteiger partial charge in [0.15, 0.2) is 0 Å². The van der Waals surface area contributed by atoms with Crippen LogP contribution in [-0.4, -0.2) is 19.0 Å². The van der Waals surface area contributed by atoms with Crippen LogP contribution in [0.15, 0.2) is 48.5 Å². The lowest BCUT2D eigenvalue weighted by Crippen LogP contribution is -2.33. The number of nitrogens with zero attached hydrogens (tertiary/aromatic N) is 1. The molecular weight excluding hydrogens is 308 g/mol. The number of hydrogen-bond donors (Lipinski definition) is 1. The zero-order valence-electron chi connectivity index (χ0n) is 13.3. The summed E-state index contributed by atoms with van der Waals surface area (Å²) in [4.78, 5) is 14.8. The Hall–Kier alpha value is -2.00. The van der Waals surface area contributed by atoms with Crippen LogP contribution >= 0.6 is 11.6 Å². The number of amides is 1. The van der Waals surface area contributed by atoms with Gasteiger partial charge in [0.05, 0.1) is 11.4 Å². The molecule has 0 spiro atoms. The van der Waals surface area contributed by atoms with Crippen LogP contribution in [0.2, 0.25) is 5.02 Å². The molecule has 0 saturated carbocycles. The Morgan fingerprint density at radius 2 is 1.74 bits per heavy atom. The Bertz CT molecular complexity index is 676. The molecule has 1 N–H and O–H groups in total. The normalized spacial score (nSPS) is 15.5. The van der Waals surface area contributed by atoms with Gasteiger partial charge in [-0.15, -0.1) is 0 Å². The highest BCUT2D eigenvalue weighted by molar-refractivity contribution is 6.30. The molecule has 0 bridgehead atoms. The van der Waals surface area contributed by atoms with Gasteiger partial charge in [-0.2, -0.15) is 0 Å². The van der Waals surface area contributed by atoms with Crippen molar-refractivity contribution in [1.29, 1.82) is 0 Å². The average molecular weight is 329 g/mol. The minimum atomic E-state index is -0.112. The van der Waals surface area contributed by atoms with Gasteiger partial charge >= 0.3 is 0 Å². The largest absolute Gasteiger partial charge is 0.370 e.